The first kappa shape index (κ1) is 25.9. The van der Waals surface area contributed by atoms with E-state index in [4.69, 9.17) is 26.9 Å². The van der Waals surface area contributed by atoms with Gasteiger partial charge in [-0.15, -0.1) is 29.8 Å². The fourth-order valence-corrected chi connectivity index (χ4v) is 3.21. The Morgan fingerprint density at radius 3 is 2.08 bits per heavy atom. The molecule has 0 atom stereocenters. The zero-order chi connectivity index (χ0) is 24.6. The number of rotatable bonds is 3. The molecule has 0 saturated heterocycles. The Labute approximate surface area is 221 Å². The Morgan fingerprint density at radius 1 is 0.917 bits per heavy atom. The molecule has 1 N–H and O–H groups in total. The van der Waals surface area contributed by atoms with E-state index in [0.29, 0.717) is 16.9 Å². The van der Waals surface area contributed by atoms with Gasteiger partial charge in [-0.2, -0.15) is 0 Å². The van der Waals surface area contributed by atoms with Crippen LogP contribution in [-0.4, -0.2) is 26.0 Å². The van der Waals surface area contributed by atoms with E-state index < -0.39 is 5.97 Å². The van der Waals surface area contributed by atoms with Crippen LogP contribution in [-0.2, 0) is 21.1 Å². The Bertz CT molecular complexity index is 1480. The van der Waals surface area contributed by atoms with Crippen molar-refractivity contribution in [3.05, 3.63) is 120 Å². The van der Waals surface area contributed by atoms with Gasteiger partial charge in [0.1, 0.15) is 5.69 Å². The SMILES string of the molecule is O=C(O)c1ccccn1.[C-]#[N+]c1ccc(-c2nc3ccccc3nc2-c2[c-]cc(C#N)cc2)cc1.[Pt]. The second kappa shape index (κ2) is 12.1. The largest absolute Gasteiger partial charge is 0.477 e. The number of carboxylic acid groups (broad SMARTS) is 1. The summed E-state index contributed by atoms with van der Waals surface area (Å²) in [7, 11) is 0. The van der Waals surface area contributed by atoms with Crippen LogP contribution in [0.15, 0.2) is 91.1 Å². The van der Waals surface area contributed by atoms with Crippen LogP contribution < -0.4 is 0 Å². The summed E-state index contributed by atoms with van der Waals surface area (Å²) >= 11 is 0. The van der Waals surface area contributed by atoms with E-state index in [-0.39, 0.29) is 26.8 Å². The molecule has 0 fully saturated rings. The number of nitriles is 1. The van der Waals surface area contributed by atoms with Crippen LogP contribution in [0.1, 0.15) is 16.1 Å². The molecule has 0 aliphatic heterocycles. The van der Waals surface area contributed by atoms with Gasteiger partial charge in [-0.05, 0) is 35.4 Å². The molecule has 0 aliphatic carbocycles. The molecule has 3 aromatic carbocycles. The summed E-state index contributed by atoms with van der Waals surface area (Å²) in [5.41, 5.74) is 5.87. The number of pyridine rings is 1. The third-order valence-electron chi connectivity index (χ3n) is 4.92. The monoisotopic (exact) mass is 649 g/mol. The van der Waals surface area contributed by atoms with Gasteiger partial charge < -0.3 is 5.11 Å². The summed E-state index contributed by atoms with van der Waals surface area (Å²) < 4.78 is 0. The van der Waals surface area contributed by atoms with E-state index in [1.54, 1.807) is 36.4 Å². The Hall–Kier alpha value is -4.71. The van der Waals surface area contributed by atoms with Gasteiger partial charge in [-0.25, -0.2) is 19.9 Å². The van der Waals surface area contributed by atoms with Crippen molar-refractivity contribution >= 4 is 22.7 Å². The average Bonchev–Trinajstić information content (AvgIpc) is 2.93. The molecule has 0 amide bonds. The minimum Gasteiger partial charge on any atom is -0.477 e. The van der Waals surface area contributed by atoms with Gasteiger partial charge >= 0.3 is 5.97 Å². The Kier molecular flexibility index (Phi) is 8.73. The second-order valence-electron chi connectivity index (χ2n) is 7.19. The summed E-state index contributed by atoms with van der Waals surface area (Å²) in [5, 5.41) is 17.3. The zero-order valence-electron chi connectivity index (χ0n) is 18.6. The molecule has 2 aromatic heterocycles. The molecule has 0 saturated carbocycles. The van der Waals surface area contributed by atoms with Crippen LogP contribution >= 0.6 is 0 Å². The first-order valence-electron chi connectivity index (χ1n) is 10.4. The molecule has 5 rings (SSSR count). The topological polar surface area (TPSA) is 104 Å². The third kappa shape index (κ3) is 6.04. The van der Waals surface area contributed by atoms with Gasteiger partial charge in [0.15, 0.2) is 5.69 Å². The van der Waals surface area contributed by atoms with Crippen molar-refractivity contribution in [2.45, 2.75) is 0 Å². The molecule has 176 valence electrons. The van der Waals surface area contributed by atoms with Gasteiger partial charge in [0.05, 0.1) is 23.3 Å². The molecule has 36 heavy (non-hydrogen) atoms. The van der Waals surface area contributed by atoms with Crippen molar-refractivity contribution < 1.29 is 31.0 Å². The predicted octanol–water partition coefficient (Wildman–Crippen LogP) is 5.96. The molecule has 2 heterocycles. The van der Waals surface area contributed by atoms with E-state index in [0.717, 1.165) is 27.9 Å². The minimum atomic E-state index is -0.990. The van der Waals surface area contributed by atoms with E-state index in [1.807, 2.05) is 42.5 Å². The van der Waals surface area contributed by atoms with Crippen molar-refractivity contribution in [2.24, 2.45) is 0 Å². The molecule has 0 unspecified atom stereocenters. The number of nitrogens with zero attached hydrogens (tertiary/aromatic N) is 5. The van der Waals surface area contributed by atoms with Crippen molar-refractivity contribution in [3.8, 4) is 28.6 Å². The van der Waals surface area contributed by atoms with Gasteiger partial charge in [-0.3, -0.25) is 9.97 Å². The van der Waals surface area contributed by atoms with Crippen LogP contribution in [0.25, 0.3) is 38.4 Å². The van der Waals surface area contributed by atoms with Crippen LogP contribution in [0.2, 0.25) is 0 Å². The molecule has 0 bridgehead atoms. The zero-order valence-corrected chi connectivity index (χ0v) is 20.8. The number of aromatic nitrogens is 3. The summed E-state index contributed by atoms with van der Waals surface area (Å²) in [6, 6.07) is 30.2. The maximum atomic E-state index is 10.1. The van der Waals surface area contributed by atoms with Crippen molar-refractivity contribution in [1.29, 1.82) is 5.26 Å². The van der Waals surface area contributed by atoms with Crippen molar-refractivity contribution in [1.82, 2.24) is 15.0 Å². The number of carbonyl (C=O) groups is 1. The summed E-state index contributed by atoms with van der Waals surface area (Å²) in [6.07, 6.45) is 1.45. The Morgan fingerprint density at radius 2 is 1.58 bits per heavy atom. The van der Waals surface area contributed by atoms with Gasteiger partial charge in [0.25, 0.3) is 0 Å². The Balaban J connectivity index is 0.000000307. The number of fused-ring (bicyclic) bond motifs is 1. The molecule has 0 spiro atoms. The van der Waals surface area contributed by atoms with E-state index in [2.05, 4.69) is 22.0 Å². The number of carboxylic acids is 1. The van der Waals surface area contributed by atoms with Crippen LogP contribution in [0.4, 0.5) is 5.69 Å². The number of hydrogen-bond donors (Lipinski definition) is 1. The summed E-state index contributed by atoms with van der Waals surface area (Å²) in [6.45, 7) is 7.11. The molecule has 0 aliphatic rings. The molecular formula is C28H16N5O2Pt-. The maximum Gasteiger partial charge on any atom is 0.354 e. The average molecular weight is 650 g/mol. The van der Waals surface area contributed by atoms with Crippen molar-refractivity contribution in [3.63, 3.8) is 0 Å². The normalized spacial score (nSPS) is 9.61. The van der Waals surface area contributed by atoms with Gasteiger partial charge in [0, 0.05) is 39.0 Å². The predicted molar refractivity (Wildman–Crippen MR) is 131 cm³/mol. The van der Waals surface area contributed by atoms with E-state index in [9.17, 15) is 4.79 Å². The molecule has 7 nitrogen and oxygen atoms in total. The van der Waals surface area contributed by atoms with Gasteiger partial charge in [0.2, 0.25) is 0 Å². The number of aromatic carboxylic acids is 1. The fraction of sp³-hybridized carbons (Fsp3) is 0. The maximum absolute atomic E-state index is 10.1. The molecule has 5 aromatic rings. The first-order valence-corrected chi connectivity index (χ1v) is 10.4. The number of hydrogen-bond acceptors (Lipinski definition) is 5. The summed E-state index contributed by atoms with van der Waals surface area (Å²) in [4.78, 5) is 26.7. The van der Waals surface area contributed by atoms with Crippen LogP contribution in [0.3, 0.4) is 0 Å². The van der Waals surface area contributed by atoms with E-state index in [1.165, 1.54) is 12.3 Å². The summed E-state index contributed by atoms with van der Waals surface area (Å²) in [5.74, 6) is -0.990. The third-order valence-corrected chi connectivity index (χ3v) is 4.92. The molecule has 0 radical (unpaired) electrons. The van der Waals surface area contributed by atoms with Crippen LogP contribution in [0.5, 0.6) is 0 Å². The fourth-order valence-electron chi connectivity index (χ4n) is 3.21. The van der Waals surface area contributed by atoms with Crippen molar-refractivity contribution in [2.75, 3.05) is 0 Å². The standard InChI is InChI=1S/C22H11N4.C6H5NO2.Pt/c1-24-18-12-10-17(11-13-18)22-21(16-8-6-15(14-23)7-9-16)25-19-4-2-3-5-20(19)26-22;8-6(9)5-3-1-2-4-7-5;/h2-8,10-13H;1-4H,(H,8,9);/q-1;;. The van der Waals surface area contributed by atoms with Gasteiger partial charge in [-0.1, -0.05) is 42.5 Å². The van der Waals surface area contributed by atoms with Crippen LogP contribution in [0, 0.1) is 24.0 Å². The minimum absolute atomic E-state index is 0. The second-order valence-corrected chi connectivity index (χ2v) is 7.19. The molecular weight excluding hydrogens is 633 g/mol. The van der Waals surface area contributed by atoms with E-state index >= 15 is 0 Å². The smallest absolute Gasteiger partial charge is 0.354 e. The number of para-hydroxylation sites is 2. The quantitative estimate of drug-likeness (QED) is 0.242. The first-order chi connectivity index (χ1) is 17.1. The molecule has 8 heteroatoms. The number of benzene rings is 3.